The number of aliphatic hydroxyl groups excluding tert-OH is 2. The molecule has 0 saturated heterocycles. The second-order valence-corrected chi connectivity index (χ2v) is 6.49. The lowest BCUT2D eigenvalue weighted by atomic mass is 10.3. The van der Waals surface area contributed by atoms with Crippen LogP contribution in [0.4, 0.5) is 0 Å². The first-order chi connectivity index (χ1) is 9.38. The summed E-state index contributed by atoms with van der Waals surface area (Å²) in [6, 6.07) is 2.48. The number of methoxy groups -OCH3 is 1. The molecule has 0 aliphatic heterocycles. The van der Waals surface area contributed by atoms with Gasteiger partial charge in [-0.3, -0.25) is 0 Å². The third kappa shape index (κ3) is 3.75. The van der Waals surface area contributed by atoms with Gasteiger partial charge in [0.15, 0.2) is 0 Å². The first kappa shape index (κ1) is 17.5. The van der Waals surface area contributed by atoms with Crippen LogP contribution in [-0.4, -0.2) is 56.3 Å². The summed E-state index contributed by atoms with van der Waals surface area (Å²) in [5, 5.41) is 17.9. The number of hydrogen-bond acceptors (Lipinski definition) is 5. The maximum absolute atomic E-state index is 12.4. The zero-order valence-corrected chi connectivity index (χ0v) is 13.0. The monoisotopic (exact) mass is 343 g/mol. The Morgan fingerprint density at radius 3 is 2.15 bits per heavy atom. The van der Waals surface area contributed by atoms with E-state index in [1.54, 1.807) is 0 Å². The smallest absolute Gasteiger partial charge is 0.244 e. The van der Waals surface area contributed by atoms with Crippen LogP contribution in [0.5, 0.6) is 5.75 Å². The first-order valence-corrected chi connectivity index (χ1v) is 7.83. The standard InChI is InChI=1S/C11H15Cl2NO5S/c1-19-10-6-9(13)11(7-8(10)12)20(17,18)14(2-4-15)3-5-16/h6-7,15-16H,2-5H2,1H3. The molecule has 114 valence electrons. The Hall–Kier alpha value is -0.570. The lowest BCUT2D eigenvalue weighted by Gasteiger charge is -2.21. The molecule has 1 aromatic rings. The molecular formula is C11H15Cl2NO5S. The van der Waals surface area contributed by atoms with Crippen molar-refractivity contribution in [3.63, 3.8) is 0 Å². The van der Waals surface area contributed by atoms with Gasteiger partial charge in [-0.1, -0.05) is 23.2 Å². The highest BCUT2D eigenvalue weighted by atomic mass is 35.5. The van der Waals surface area contributed by atoms with Gasteiger partial charge in [0.25, 0.3) is 0 Å². The van der Waals surface area contributed by atoms with E-state index in [2.05, 4.69) is 0 Å². The topological polar surface area (TPSA) is 87.1 Å². The van der Waals surface area contributed by atoms with Crippen molar-refractivity contribution in [1.29, 1.82) is 0 Å². The van der Waals surface area contributed by atoms with Crippen LogP contribution in [-0.2, 0) is 10.0 Å². The third-order valence-corrected chi connectivity index (χ3v) is 5.18. The van der Waals surface area contributed by atoms with E-state index in [0.29, 0.717) is 0 Å². The minimum atomic E-state index is -3.96. The van der Waals surface area contributed by atoms with E-state index >= 15 is 0 Å². The molecule has 0 amide bonds. The van der Waals surface area contributed by atoms with Crippen LogP contribution in [0.25, 0.3) is 0 Å². The molecule has 20 heavy (non-hydrogen) atoms. The fourth-order valence-electron chi connectivity index (χ4n) is 1.58. The summed E-state index contributed by atoms with van der Waals surface area (Å²) in [5.74, 6) is 0.256. The highest BCUT2D eigenvalue weighted by molar-refractivity contribution is 7.89. The van der Waals surface area contributed by atoms with Crippen LogP contribution < -0.4 is 4.74 Å². The van der Waals surface area contributed by atoms with Gasteiger partial charge in [-0.2, -0.15) is 4.31 Å². The number of ether oxygens (including phenoxy) is 1. The zero-order valence-electron chi connectivity index (χ0n) is 10.7. The fourth-order valence-corrected chi connectivity index (χ4v) is 3.82. The molecule has 0 aromatic heterocycles. The van der Waals surface area contributed by atoms with Crippen LogP contribution in [0.15, 0.2) is 17.0 Å². The molecule has 0 saturated carbocycles. The molecule has 0 aliphatic rings. The van der Waals surface area contributed by atoms with Gasteiger partial charge >= 0.3 is 0 Å². The van der Waals surface area contributed by atoms with Crippen LogP contribution in [0.2, 0.25) is 10.0 Å². The molecule has 0 radical (unpaired) electrons. The molecule has 1 rings (SSSR count). The summed E-state index contributed by atoms with van der Waals surface area (Å²) in [4.78, 5) is -0.202. The van der Waals surface area contributed by atoms with Gasteiger partial charge in [-0.05, 0) is 6.07 Å². The van der Waals surface area contributed by atoms with Crippen molar-refractivity contribution in [3.05, 3.63) is 22.2 Å². The number of nitrogens with zero attached hydrogens (tertiary/aromatic N) is 1. The second kappa shape index (κ2) is 7.44. The van der Waals surface area contributed by atoms with E-state index < -0.39 is 10.0 Å². The summed E-state index contributed by atoms with van der Waals surface area (Å²) in [6.45, 7) is -1.05. The minimum Gasteiger partial charge on any atom is -0.495 e. The summed E-state index contributed by atoms with van der Waals surface area (Å²) in [5.41, 5.74) is 0. The molecule has 0 spiro atoms. The summed E-state index contributed by atoms with van der Waals surface area (Å²) in [6.07, 6.45) is 0. The zero-order chi connectivity index (χ0) is 15.3. The number of sulfonamides is 1. The predicted molar refractivity (Wildman–Crippen MR) is 75.9 cm³/mol. The average Bonchev–Trinajstić information content (AvgIpc) is 2.40. The number of hydrogen-bond donors (Lipinski definition) is 2. The highest BCUT2D eigenvalue weighted by Crippen LogP contribution is 2.34. The molecule has 0 fully saturated rings. The SMILES string of the molecule is COc1cc(Cl)c(S(=O)(=O)N(CCO)CCO)cc1Cl. The van der Waals surface area contributed by atoms with Gasteiger partial charge in [-0.25, -0.2) is 8.42 Å². The maximum Gasteiger partial charge on any atom is 0.244 e. The van der Waals surface area contributed by atoms with Crippen molar-refractivity contribution in [1.82, 2.24) is 4.31 Å². The normalized spacial score (nSPS) is 11.9. The minimum absolute atomic E-state index is 0.0490. The van der Waals surface area contributed by atoms with E-state index in [1.165, 1.54) is 19.2 Å². The summed E-state index contributed by atoms with van der Waals surface area (Å²) in [7, 11) is -2.58. The molecule has 0 atom stereocenters. The van der Waals surface area contributed by atoms with Crippen molar-refractivity contribution in [2.75, 3.05) is 33.4 Å². The molecule has 0 bridgehead atoms. The Morgan fingerprint density at radius 1 is 1.15 bits per heavy atom. The molecule has 0 unspecified atom stereocenters. The molecule has 0 aliphatic carbocycles. The Bertz CT molecular complexity index is 558. The molecule has 6 nitrogen and oxygen atoms in total. The molecule has 9 heteroatoms. The Kier molecular flexibility index (Phi) is 6.50. The van der Waals surface area contributed by atoms with E-state index in [-0.39, 0.29) is 47.0 Å². The Morgan fingerprint density at radius 2 is 1.70 bits per heavy atom. The van der Waals surface area contributed by atoms with Crippen LogP contribution in [0.1, 0.15) is 0 Å². The Labute approximate surface area is 127 Å². The molecule has 1 aromatic carbocycles. The van der Waals surface area contributed by atoms with Crippen molar-refractivity contribution in [2.45, 2.75) is 4.90 Å². The van der Waals surface area contributed by atoms with E-state index in [4.69, 9.17) is 38.2 Å². The van der Waals surface area contributed by atoms with Crippen molar-refractivity contribution >= 4 is 33.2 Å². The maximum atomic E-state index is 12.4. The van der Waals surface area contributed by atoms with Gasteiger partial charge in [-0.15, -0.1) is 0 Å². The third-order valence-electron chi connectivity index (χ3n) is 2.52. The largest absolute Gasteiger partial charge is 0.495 e. The Balaban J connectivity index is 3.30. The van der Waals surface area contributed by atoms with E-state index in [1.807, 2.05) is 0 Å². The molecule has 0 heterocycles. The average molecular weight is 344 g/mol. The van der Waals surface area contributed by atoms with Crippen molar-refractivity contribution in [3.8, 4) is 5.75 Å². The van der Waals surface area contributed by atoms with Crippen LogP contribution in [0.3, 0.4) is 0 Å². The number of rotatable bonds is 7. The van der Waals surface area contributed by atoms with Gasteiger partial charge in [0.1, 0.15) is 10.6 Å². The number of benzene rings is 1. The lowest BCUT2D eigenvalue weighted by Crippen LogP contribution is -2.36. The van der Waals surface area contributed by atoms with Gasteiger partial charge in [0, 0.05) is 19.2 Å². The number of aliphatic hydroxyl groups is 2. The first-order valence-electron chi connectivity index (χ1n) is 5.63. The predicted octanol–water partition coefficient (Wildman–Crippen LogP) is 0.977. The molecular weight excluding hydrogens is 329 g/mol. The van der Waals surface area contributed by atoms with E-state index in [0.717, 1.165) is 4.31 Å². The van der Waals surface area contributed by atoms with Crippen LogP contribution in [0, 0.1) is 0 Å². The summed E-state index contributed by atoms with van der Waals surface area (Å²) >= 11 is 11.8. The quantitative estimate of drug-likeness (QED) is 0.770. The van der Waals surface area contributed by atoms with Crippen molar-refractivity contribution < 1.29 is 23.4 Å². The van der Waals surface area contributed by atoms with Gasteiger partial charge in [0.2, 0.25) is 10.0 Å². The molecule has 2 N–H and O–H groups in total. The van der Waals surface area contributed by atoms with Crippen LogP contribution >= 0.6 is 23.2 Å². The van der Waals surface area contributed by atoms with Crippen molar-refractivity contribution in [2.24, 2.45) is 0 Å². The lowest BCUT2D eigenvalue weighted by molar-refractivity contribution is 0.217. The second-order valence-electron chi connectivity index (χ2n) is 3.77. The number of halogens is 2. The van der Waals surface area contributed by atoms with E-state index in [9.17, 15) is 8.42 Å². The van der Waals surface area contributed by atoms with Gasteiger partial charge in [0.05, 0.1) is 30.4 Å². The fraction of sp³-hybridized carbons (Fsp3) is 0.455. The summed E-state index contributed by atoms with van der Waals surface area (Å²) < 4.78 is 30.7. The highest BCUT2D eigenvalue weighted by Gasteiger charge is 2.27. The van der Waals surface area contributed by atoms with Gasteiger partial charge < -0.3 is 14.9 Å².